The predicted octanol–water partition coefficient (Wildman–Crippen LogP) is 2.73. The summed E-state index contributed by atoms with van der Waals surface area (Å²) in [6.45, 7) is 5.93. The fourth-order valence-corrected chi connectivity index (χ4v) is 2.25. The number of hydrogen-bond donors (Lipinski definition) is 0. The molecule has 2 heteroatoms. The van der Waals surface area contributed by atoms with Crippen LogP contribution in [0.3, 0.4) is 0 Å². The zero-order chi connectivity index (χ0) is 11.1. The van der Waals surface area contributed by atoms with Gasteiger partial charge in [-0.3, -0.25) is 0 Å². The Morgan fingerprint density at radius 2 is 1.60 bits per heavy atom. The molecule has 0 saturated heterocycles. The molecule has 2 rings (SSSR count). The Bertz CT molecular complexity index is 365. The fourth-order valence-electron chi connectivity index (χ4n) is 2.25. The van der Waals surface area contributed by atoms with E-state index in [1.807, 2.05) is 32.9 Å². The molecule has 0 radical (unpaired) electrons. The summed E-state index contributed by atoms with van der Waals surface area (Å²) in [6.07, 6.45) is 1.80. The molecule has 0 fully saturated rings. The van der Waals surface area contributed by atoms with Crippen LogP contribution in [0.5, 0.6) is 0 Å². The lowest BCUT2D eigenvalue weighted by molar-refractivity contribution is -0.646. The third kappa shape index (κ3) is 1.94. The highest BCUT2D eigenvalue weighted by Gasteiger charge is 2.40. The fraction of sp³-hybridized carbons (Fsp3) is 0.538. The first kappa shape index (κ1) is 10.3. The van der Waals surface area contributed by atoms with Gasteiger partial charge in [0.25, 0.3) is 0 Å². The van der Waals surface area contributed by atoms with Crippen molar-refractivity contribution in [3.63, 3.8) is 0 Å². The minimum absolute atomic E-state index is 0.127. The van der Waals surface area contributed by atoms with E-state index in [2.05, 4.69) is 12.1 Å². The Balaban J connectivity index is 2.17. The van der Waals surface area contributed by atoms with Gasteiger partial charge in [-0.1, -0.05) is 24.3 Å². The van der Waals surface area contributed by atoms with Crippen LogP contribution in [-0.2, 0) is 12.8 Å². The van der Waals surface area contributed by atoms with Crippen LogP contribution in [0.2, 0.25) is 0 Å². The summed E-state index contributed by atoms with van der Waals surface area (Å²) in [7, 11) is 0. The molecule has 0 amide bonds. The summed E-state index contributed by atoms with van der Waals surface area (Å²) in [5.74, 6) is 0. The van der Waals surface area contributed by atoms with E-state index in [0.29, 0.717) is 0 Å². The number of fused-ring (bicyclic) bond motifs is 1. The molecular formula is C13H18NO+. The molecule has 0 N–H and O–H groups in total. The van der Waals surface area contributed by atoms with Crippen LogP contribution in [0.1, 0.15) is 31.9 Å². The average Bonchev–Trinajstić information content (AvgIpc) is 2.58. The maximum absolute atomic E-state index is 12.1. The number of benzene rings is 1. The van der Waals surface area contributed by atoms with Crippen LogP contribution in [-0.4, -0.2) is 16.3 Å². The molecule has 0 saturated carbocycles. The molecule has 0 heterocycles. The van der Waals surface area contributed by atoms with Crippen molar-refractivity contribution in [3.8, 4) is 0 Å². The van der Waals surface area contributed by atoms with Crippen LogP contribution in [0, 0.1) is 4.91 Å². The van der Waals surface area contributed by atoms with Gasteiger partial charge in [-0.25, -0.2) is 0 Å². The van der Waals surface area contributed by atoms with Crippen molar-refractivity contribution in [1.82, 2.24) is 0 Å². The first-order valence-corrected chi connectivity index (χ1v) is 5.52. The van der Waals surface area contributed by atoms with Gasteiger partial charge in [-0.2, -0.15) is 0 Å². The van der Waals surface area contributed by atoms with Gasteiger partial charge in [0, 0.05) is 43.3 Å². The van der Waals surface area contributed by atoms with E-state index in [9.17, 15) is 4.91 Å². The van der Waals surface area contributed by atoms with E-state index in [1.165, 1.54) is 15.9 Å². The van der Waals surface area contributed by atoms with Gasteiger partial charge < -0.3 is 0 Å². The molecule has 0 aliphatic heterocycles. The molecule has 0 bridgehead atoms. The molecule has 1 aliphatic carbocycles. The molecule has 15 heavy (non-hydrogen) atoms. The van der Waals surface area contributed by atoms with Gasteiger partial charge in [0.2, 0.25) is 11.6 Å². The van der Waals surface area contributed by atoms with Crippen molar-refractivity contribution >= 4 is 0 Å². The quantitative estimate of drug-likeness (QED) is 0.644. The highest BCUT2D eigenvalue weighted by atomic mass is 16.3. The van der Waals surface area contributed by atoms with Crippen molar-refractivity contribution in [3.05, 3.63) is 40.3 Å². The summed E-state index contributed by atoms with van der Waals surface area (Å²) in [5.41, 5.74) is 2.40. The van der Waals surface area contributed by atoms with Crippen molar-refractivity contribution in [1.29, 1.82) is 0 Å². The standard InChI is InChI=1S/C13H18NO/c1-13(2,3)14(15)12-8-10-6-4-5-7-11(10)9-12/h4-7,12H,8-9H2,1-3H3/q+1. The summed E-state index contributed by atoms with van der Waals surface area (Å²) < 4.78 is 1.26. The largest absolute Gasteiger partial charge is 0.210 e. The smallest absolute Gasteiger partial charge is 0.0620 e. The van der Waals surface area contributed by atoms with Crippen LogP contribution in [0.25, 0.3) is 0 Å². The van der Waals surface area contributed by atoms with Crippen LogP contribution in [0.15, 0.2) is 24.3 Å². The van der Waals surface area contributed by atoms with E-state index >= 15 is 0 Å². The second-order valence-corrected chi connectivity index (χ2v) is 5.33. The normalized spacial score (nSPS) is 16.5. The first-order valence-electron chi connectivity index (χ1n) is 5.52. The summed E-state index contributed by atoms with van der Waals surface area (Å²) in [6, 6.07) is 8.49. The van der Waals surface area contributed by atoms with Gasteiger partial charge in [0.05, 0.1) is 0 Å². The SMILES string of the molecule is CC(C)(C)[N+](=O)C1Cc2ccccc2C1. The maximum atomic E-state index is 12.1. The van der Waals surface area contributed by atoms with Crippen LogP contribution >= 0.6 is 0 Å². The number of rotatable bonds is 1. The Labute approximate surface area is 90.9 Å². The van der Waals surface area contributed by atoms with Gasteiger partial charge in [0.15, 0.2) is 0 Å². The Kier molecular flexibility index (Phi) is 2.37. The topological polar surface area (TPSA) is 20.1 Å². The molecule has 1 aromatic carbocycles. The van der Waals surface area contributed by atoms with Crippen molar-refractivity contribution in [2.24, 2.45) is 0 Å². The van der Waals surface area contributed by atoms with Crippen molar-refractivity contribution < 1.29 is 4.76 Å². The molecule has 2 nitrogen and oxygen atoms in total. The lowest BCUT2D eigenvalue weighted by Crippen LogP contribution is -2.39. The molecule has 80 valence electrons. The second-order valence-electron chi connectivity index (χ2n) is 5.33. The third-order valence-corrected chi connectivity index (χ3v) is 3.02. The molecular weight excluding hydrogens is 186 g/mol. The van der Waals surface area contributed by atoms with Gasteiger partial charge in [-0.05, 0) is 11.1 Å². The van der Waals surface area contributed by atoms with E-state index in [1.54, 1.807) is 0 Å². The van der Waals surface area contributed by atoms with Gasteiger partial charge in [0.1, 0.15) is 0 Å². The minimum atomic E-state index is -0.285. The lowest BCUT2D eigenvalue weighted by Gasteiger charge is -2.13. The number of nitrogens with zero attached hydrogens (tertiary/aromatic N) is 1. The van der Waals surface area contributed by atoms with Crippen molar-refractivity contribution in [2.45, 2.75) is 45.2 Å². The molecule has 1 aromatic rings. The monoisotopic (exact) mass is 204 g/mol. The van der Waals surface area contributed by atoms with E-state index in [4.69, 9.17) is 0 Å². The zero-order valence-electron chi connectivity index (χ0n) is 9.66. The van der Waals surface area contributed by atoms with Crippen LogP contribution in [0.4, 0.5) is 0 Å². The van der Waals surface area contributed by atoms with Gasteiger partial charge >= 0.3 is 0 Å². The maximum Gasteiger partial charge on any atom is 0.210 e. The third-order valence-electron chi connectivity index (χ3n) is 3.02. The lowest BCUT2D eigenvalue weighted by atomic mass is 10.1. The zero-order valence-corrected chi connectivity index (χ0v) is 9.66. The molecule has 0 aromatic heterocycles. The average molecular weight is 204 g/mol. The highest BCUT2D eigenvalue weighted by Crippen LogP contribution is 2.26. The predicted molar refractivity (Wildman–Crippen MR) is 61.0 cm³/mol. The van der Waals surface area contributed by atoms with E-state index in [-0.39, 0.29) is 11.6 Å². The minimum Gasteiger partial charge on any atom is -0.0620 e. The molecule has 1 aliphatic rings. The van der Waals surface area contributed by atoms with E-state index < -0.39 is 0 Å². The van der Waals surface area contributed by atoms with Crippen LogP contribution < -0.4 is 0 Å². The number of hydrogen-bond acceptors (Lipinski definition) is 1. The van der Waals surface area contributed by atoms with E-state index in [0.717, 1.165) is 12.8 Å². The summed E-state index contributed by atoms with van der Waals surface area (Å²) in [4.78, 5) is 12.1. The Morgan fingerprint density at radius 3 is 2.00 bits per heavy atom. The second kappa shape index (κ2) is 3.44. The molecule has 0 unspecified atom stereocenters. The first-order chi connectivity index (χ1) is 6.98. The molecule has 0 spiro atoms. The number of nitroso groups, excluding NO2 is 1. The molecule has 0 atom stereocenters. The van der Waals surface area contributed by atoms with Crippen molar-refractivity contribution in [2.75, 3.05) is 0 Å². The Morgan fingerprint density at radius 1 is 1.13 bits per heavy atom. The Hall–Kier alpha value is -1.18. The summed E-state index contributed by atoms with van der Waals surface area (Å²) in [5, 5.41) is 0. The summed E-state index contributed by atoms with van der Waals surface area (Å²) >= 11 is 0. The highest BCUT2D eigenvalue weighted by molar-refractivity contribution is 5.32. The van der Waals surface area contributed by atoms with Gasteiger partial charge in [-0.15, -0.1) is 0 Å².